The van der Waals surface area contributed by atoms with Gasteiger partial charge in [-0.2, -0.15) is 8.75 Å². The highest BCUT2D eigenvalue weighted by Crippen LogP contribution is 2.21. The van der Waals surface area contributed by atoms with Crippen molar-refractivity contribution in [2.45, 2.75) is 38.3 Å². The van der Waals surface area contributed by atoms with Crippen molar-refractivity contribution in [1.29, 1.82) is 0 Å². The van der Waals surface area contributed by atoms with E-state index < -0.39 is 0 Å². The molecule has 0 aromatic carbocycles. The van der Waals surface area contributed by atoms with Crippen LogP contribution in [0.5, 0.6) is 0 Å². The molecule has 1 aromatic heterocycles. The van der Waals surface area contributed by atoms with Crippen molar-refractivity contribution in [2.75, 3.05) is 7.11 Å². The van der Waals surface area contributed by atoms with Crippen LogP contribution in [0.4, 0.5) is 0 Å². The van der Waals surface area contributed by atoms with Crippen LogP contribution in [0.2, 0.25) is 0 Å². The van der Waals surface area contributed by atoms with Crippen LogP contribution in [0.25, 0.3) is 0 Å². The van der Waals surface area contributed by atoms with E-state index in [1.165, 1.54) is 11.7 Å². The lowest BCUT2D eigenvalue weighted by molar-refractivity contribution is 0.0124. The zero-order chi connectivity index (χ0) is 10.6. The van der Waals surface area contributed by atoms with Crippen molar-refractivity contribution in [1.82, 2.24) is 8.75 Å². The molecule has 14 heavy (non-hydrogen) atoms. The maximum atomic E-state index is 5.95. The van der Waals surface area contributed by atoms with Gasteiger partial charge in [-0.3, -0.25) is 0 Å². The summed E-state index contributed by atoms with van der Waals surface area (Å²) in [5.74, 6) is 0. The number of ether oxygens (including phenoxy) is 1. The predicted molar refractivity (Wildman–Crippen MR) is 57.2 cm³/mol. The molecule has 0 spiro atoms. The fraction of sp³-hybridized carbons (Fsp3) is 0.778. The lowest BCUT2D eigenvalue weighted by atomic mass is 9.98. The van der Waals surface area contributed by atoms with E-state index >= 15 is 0 Å². The van der Waals surface area contributed by atoms with E-state index in [1.54, 1.807) is 13.3 Å². The maximum absolute atomic E-state index is 5.95. The summed E-state index contributed by atoms with van der Waals surface area (Å²) in [7, 11) is 1.72. The first-order valence-electron chi connectivity index (χ1n) is 4.63. The lowest BCUT2D eigenvalue weighted by Crippen LogP contribution is -2.24. The molecule has 1 heterocycles. The fourth-order valence-corrected chi connectivity index (χ4v) is 1.57. The summed E-state index contributed by atoms with van der Waals surface area (Å²) in [6, 6.07) is -0.0248. The van der Waals surface area contributed by atoms with E-state index in [0.29, 0.717) is 0 Å². The van der Waals surface area contributed by atoms with E-state index in [0.717, 1.165) is 18.5 Å². The summed E-state index contributed by atoms with van der Waals surface area (Å²) in [6.07, 6.45) is 3.52. The van der Waals surface area contributed by atoms with Crippen molar-refractivity contribution in [3.63, 3.8) is 0 Å². The molecular formula is C9H17N3OS. The van der Waals surface area contributed by atoms with Gasteiger partial charge < -0.3 is 10.5 Å². The predicted octanol–water partition coefficient (Wildman–Crippen LogP) is 1.74. The number of hydrogen-bond donors (Lipinski definition) is 1. The monoisotopic (exact) mass is 215 g/mol. The molecule has 1 aromatic rings. The van der Waals surface area contributed by atoms with Gasteiger partial charge in [-0.05, 0) is 26.7 Å². The van der Waals surface area contributed by atoms with Crippen LogP contribution in [0.15, 0.2) is 6.20 Å². The van der Waals surface area contributed by atoms with Crippen LogP contribution in [0.1, 0.15) is 38.4 Å². The van der Waals surface area contributed by atoms with E-state index in [4.69, 9.17) is 10.5 Å². The number of nitrogens with zero attached hydrogens (tertiary/aromatic N) is 2. The zero-order valence-corrected chi connectivity index (χ0v) is 9.67. The Morgan fingerprint density at radius 1 is 1.64 bits per heavy atom. The first kappa shape index (κ1) is 11.6. The van der Waals surface area contributed by atoms with Crippen molar-refractivity contribution in [3.8, 4) is 0 Å². The Hall–Kier alpha value is -0.520. The number of methoxy groups -OCH3 is 1. The van der Waals surface area contributed by atoms with Gasteiger partial charge in [-0.1, -0.05) is 0 Å². The van der Waals surface area contributed by atoms with Gasteiger partial charge in [0.25, 0.3) is 0 Å². The van der Waals surface area contributed by atoms with E-state index in [-0.39, 0.29) is 11.6 Å². The highest BCUT2D eigenvalue weighted by atomic mass is 32.1. The Kier molecular flexibility index (Phi) is 3.97. The topological polar surface area (TPSA) is 61.0 Å². The quantitative estimate of drug-likeness (QED) is 0.812. The van der Waals surface area contributed by atoms with Crippen molar-refractivity contribution >= 4 is 11.7 Å². The summed E-state index contributed by atoms with van der Waals surface area (Å²) >= 11 is 1.20. The minimum atomic E-state index is -0.110. The first-order valence-corrected chi connectivity index (χ1v) is 5.36. The van der Waals surface area contributed by atoms with Crippen LogP contribution >= 0.6 is 11.7 Å². The number of rotatable bonds is 5. The van der Waals surface area contributed by atoms with Gasteiger partial charge in [0.1, 0.15) is 0 Å². The second-order valence-electron chi connectivity index (χ2n) is 3.94. The molecule has 0 aliphatic carbocycles. The summed E-state index contributed by atoms with van der Waals surface area (Å²) in [5.41, 5.74) is 6.72. The maximum Gasteiger partial charge on any atom is 0.0910 e. The Labute approximate surface area is 88.8 Å². The summed E-state index contributed by atoms with van der Waals surface area (Å²) < 4.78 is 13.4. The molecule has 1 atom stereocenters. The van der Waals surface area contributed by atoms with Gasteiger partial charge in [-0.15, -0.1) is 0 Å². The molecule has 0 aliphatic rings. The van der Waals surface area contributed by atoms with Gasteiger partial charge >= 0.3 is 0 Å². The SMILES string of the molecule is COC(C)(C)CCC(N)c1cnsn1. The number of nitrogens with two attached hydrogens (primary N) is 1. The second-order valence-corrected chi connectivity index (χ2v) is 4.50. The largest absolute Gasteiger partial charge is 0.379 e. The molecule has 80 valence electrons. The Morgan fingerprint density at radius 3 is 2.86 bits per heavy atom. The molecule has 0 amide bonds. The second kappa shape index (κ2) is 4.82. The highest BCUT2D eigenvalue weighted by Gasteiger charge is 2.19. The summed E-state index contributed by atoms with van der Waals surface area (Å²) in [4.78, 5) is 0. The zero-order valence-electron chi connectivity index (χ0n) is 8.86. The standard InChI is InChI=1S/C9H17N3OS/c1-9(2,13-3)5-4-7(10)8-6-11-14-12-8/h6-7H,4-5,10H2,1-3H3. The van der Waals surface area contributed by atoms with Crippen molar-refractivity contribution in [2.24, 2.45) is 5.73 Å². The Balaban J connectivity index is 2.39. The van der Waals surface area contributed by atoms with Gasteiger partial charge in [-0.25, -0.2) is 0 Å². The normalized spacial score (nSPS) is 14.3. The Morgan fingerprint density at radius 2 is 2.36 bits per heavy atom. The van der Waals surface area contributed by atoms with Gasteiger partial charge in [0.15, 0.2) is 0 Å². The van der Waals surface area contributed by atoms with E-state index in [2.05, 4.69) is 22.6 Å². The summed E-state index contributed by atoms with van der Waals surface area (Å²) in [5, 5.41) is 0. The van der Waals surface area contributed by atoms with Crippen LogP contribution in [-0.4, -0.2) is 21.5 Å². The number of hydrogen-bond acceptors (Lipinski definition) is 5. The molecular weight excluding hydrogens is 198 g/mol. The Bertz CT molecular complexity index is 261. The van der Waals surface area contributed by atoms with Crippen LogP contribution < -0.4 is 5.73 Å². The molecule has 0 aliphatic heterocycles. The van der Waals surface area contributed by atoms with E-state index in [1.807, 2.05) is 0 Å². The summed E-state index contributed by atoms with van der Waals surface area (Å²) in [6.45, 7) is 4.11. The highest BCUT2D eigenvalue weighted by molar-refractivity contribution is 6.99. The first-order chi connectivity index (χ1) is 6.55. The molecule has 0 radical (unpaired) electrons. The van der Waals surface area contributed by atoms with Crippen molar-refractivity contribution in [3.05, 3.63) is 11.9 Å². The van der Waals surface area contributed by atoms with Crippen LogP contribution in [0, 0.1) is 0 Å². The third kappa shape index (κ3) is 3.32. The average molecular weight is 215 g/mol. The minimum absolute atomic E-state index is 0.0248. The molecule has 5 heteroatoms. The molecule has 2 N–H and O–H groups in total. The molecule has 0 fully saturated rings. The van der Waals surface area contributed by atoms with Gasteiger partial charge in [0.2, 0.25) is 0 Å². The molecule has 0 saturated carbocycles. The lowest BCUT2D eigenvalue weighted by Gasteiger charge is -2.23. The molecule has 1 rings (SSSR count). The van der Waals surface area contributed by atoms with Crippen LogP contribution in [0.3, 0.4) is 0 Å². The average Bonchev–Trinajstić information content (AvgIpc) is 2.67. The van der Waals surface area contributed by atoms with Gasteiger partial charge in [0, 0.05) is 13.2 Å². The molecule has 0 saturated heterocycles. The van der Waals surface area contributed by atoms with Crippen LogP contribution in [-0.2, 0) is 4.74 Å². The fourth-order valence-electron chi connectivity index (χ4n) is 1.09. The third-order valence-corrected chi connectivity index (χ3v) is 2.86. The molecule has 4 nitrogen and oxygen atoms in total. The molecule has 0 bridgehead atoms. The number of aromatic nitrogens is 2. The molecule has 1 unspecified atom stereocenters. The minimum Gasteiger partial charge on any atom is -0.379 e. The third-order valence-electron chi connectivity index (χ3n) is 2.37. The smallest absolute Gasteiger partial charge is 0.0910 e. The van der Waals surface area contributed by atoms with Gasteiger partial charge in [0.05, 0.1) is 29.2 Å². The van der Waals surface area contributed by atoms with E-state index in [9.17, 15) is 0 Å². The van der Waals surface area contributed by atoms with Crippen molar-refractivity contribution < 1.29 is 4.74 Å².